The standard InChI is InChI=1S/C7H6Cl2N/c1-10-7-3-5(8)2-6(9)4-7/h2-4H,1H3/q-1. The average molecular weight is 175 g/mol. The lowest BCUT2D eigenvalue weighted by Crippen LogP contribution is -1.68. The maximum Gasteiger partial charge on any atom is 0.0408 e. The minimum atomic E-state index is 0.619. The first kappa shape index (κ1) is 7.70. The van der Waals surface area contributed by atoms with Crippen molar-refractivity contribution in [3.05, 3.63) is 33.6 Å². The zero-order chi connectivity index (χ0) is 7.56. The highest BCUT2D eigenvalue weighted by Crippen LogP contribution is 2.25. The molecule has 1 rings (SSSR count). The molecule has 0 aromatic heterocycles. The van der Waals surface area contributed by atoms with Gasteiger partial charge in [-0.2, -0.15) is 0 Å². The largest absolute Gasteiger partial charge is 0.687 e. The Morgan fingerprint density at radius 1 is 1.10 bits per heavy atom. The van der Waals surface area contributed by atoms with Crippen LogP contribution >= 0.6 is 23.2 Å². The van der Waals surface area contributed by atoms with Gasteiger partial charge in [0.05, 0.1) is 0 Å². The van der Waals surface area contributed by atoms with Gasteiger partial charge in [-0.15, -0.1) is 12.7 Å². The monoisotopic (exact) mass is 174 g/mol. The van der Waals surface area contributed by atoms with Gasteiger partial charge in [0.2, 0.25) is 0 Å². The first-order valence-electron chi connectivity index (χ1n) is 2.78. The Labute approximate surface area is 70.0 Å². The molecule has 1 aromatic carbocycles. The van der Waals surface area contributed by atoms with Gasteiger partial charge in [-0.25, -0.2) is 0 Å². The van der Waals surface area contributed by atoms with E-state index in [2.05, 4.69) is 5.32 Å². The number of halogens is 2. The fourth-order valence-corrected chi connectivity index (χ4v) is 1.18. The molecule has 0 N–H and O–H groups in total. The zero-order valence-electron chi connectivity index (χ0n) is 5.44. The van der Waals surface area contributed by atoms with Crippen molar-refractivity contribution in [2.75, 3.05) is 7.05 Å². The van der Waals surface area contributed by atoms with E-state index in [4.69, 9.17) is 23.2 Å². The molecule has 0 amide bonds. The van der Waals surface area contributed by atoms with Gasteiger partial charge < -0.3 is 5.32 Å². The van der Waals surface area contributed by atoms with Gasteiger partial charge in [-0.3, -0.25) is 0 Å². The van der Waals surface area contributed by atoms with E-state index in [1.807, 2.05) is 0 Å². The van der Waals surface area contributed by atoms with Gasteiger partial charge in [0, 0.05) is 10.0 Å². The third kappa shape index (κ3) is 1.79. The number of hydrogen-bond donors (Lipinski definition) is 0. The molecule has 3 heteroatoms. The molecule has 0 atom stereocenters. The highest BCUT2D eigenvalue weighted by molar-refractivity contribution is 6.35. The second kappa shape index (κ2) is 3.13. The first-order valence-corrected chi connectivity index (χ1v) is 3.54. The molecule has 0 unspecified atom stereocenters. The maximum absolute atomic E-state index is 5.68. The molecule has 0 saturated carbocycles. The number of nitrogens with zero attached hydrogens (tertiary/aromatic N) is 1. The van der Waals surface area contributed by atoms with Crippen LogP contribution in [-0.2, 0) is 0 Å². The van der Waals surface area contributed by atoms with Crippen molar-refractivity contribution in [1.82, 2.24) is 0 Å². The van der Waals surface area contributed by atoms with Gasteiger partial charge in [0.15, 0.2) is 0 Å². The minimum absolute atomic E-state index is 0.619. The molecule has 0 aliphatic carbocycles. The molecule has 0 bridgehead atoms. The van der Waals surface area contributed by atoms with Gasteiger partial charge in [0.25, 0.3) is 0 Å². The van der Waals surface area contributed by atoms with E-state index in [9.17, 15) is 0 Å². The average Bonchev–Trinajstić information content (AvgIpc) is 1.85. The molecule has 0 heterocycles. The van der Waals surface area contributed by atoms with Crippen molar-refractivity contribution >= 4 is 28.9 Å². The van der Waals surface area contributed by atoms with Crippen LogP contribution in [-0.4, -0.2) is 7.05 Å². The van der Waals surface area contributed by atoms with Crippen molar-refractivity contribution < 1.29 is 0 Å². The number of rotatable bonds is 1. The van der Waals surface area contributed by atoms with Crippen LogP contribution in [0.4, 0.5) is 5.69 Å². The Bertz CT molecular complexity index is 215. The predicted octanol–water partition coefficient (Wildman–Crippen LogP) is 3.63. The SMILES string of the molecule is C[N-]c1cc(Cl)cc(Cl)c1. The van der Waals surface area contributed by atoms with Crippen LogP contribution in [0, 0.1) is 0 Å². The van der Waals surface area contributed by atoms with Crippen LogP contribution in [0.2, 0.25) is 10.0 Å². The molecule has 10 heavy (non-hydrogen) atoms. The zero-order valence-corrected chi connectivity index (χ0v) is 6.95. The van der Waals surface area contributed by atoms with Crippen molar-refractivity contribution in [3.8, 4) is 0 Å². The van der Waals surface area contributed by atoms with E-state index < -0.39 is 0 Å². The first-order chi connectivity index (χ1) is 4.72. The van der Waals surface area contributed by atoms with Crippen LogP contribution in [0.15, 0.2) is 18.2 Å². The highest BCUT2D eigenvalue weighted by atomic mass is 35.5. The quantitative estimate of drug-likeness (QED) is 0.618. The Morgan fingerprint density at radius 3 is 2.00 bits per heavy atom. The summed E-state index contributed by atoms with van der Waals surface area (Å²) < 4.78 is 0. The molecule has 0 radical (unpaired) electrons. The smallest absolute Gasteiger partial charge is 0.0408 e. The van der Waals surface area contributed by atoms with Crippen molar-refractivity contribution in [3.63, 3.8) is 0 Å². The Morgan fingerprint density at radius 2 is 1.60 bits per heavy atom. The molecule has 1 aromatic rings. The summed E-state index contributed by atoms with van der Waals surface area (Å²) in [6.45, 7) is 0. The lowest BCUT2D eigenvalue weighted by Gasteiger charge is -2.13. The number of benzene rings is 1. The number of hydrogen-bond acceptors (Lipinski definition) is 0. The molecule has 0 spiro atoms. The summed E-state index contributed by atoms with van der Waals surface area (Å²) in [5, 5.41) is 5.16. The summed E-state index contributed by atoms with van der Waals surface area (Å²) in [5.74, 6) is 0. The summed E-state index contributed by atoms with van der Waals surface area (Å²) in [6, 6.07) is 5.19. The molecule has 0 saturated heterocycles. The topological polar surface area (TPSA) is 14.1 Å². The fourth-order valence-electron chi connectivity index (χ4n) is 0.668. The molecule has 54 valence electrons. The van der Waals surface area contributed by atoms with Crippen LogP contribution in [0.3, 0.4) is 0 Å². The van der Waals surface area contributed by atoms with Gasteiger partial charge in [0.1, 0.15) is 0 Å². The Kier molecular flexibility index (Phi) is 2.41. The Balaban J connectivity index is 3.06. The van der Waals surface area contributed by atoms with Crippen LogP contribution in [0.25, 0.3) is 5.32 Å². The van der Waals surface area contributed by atoms with Crippen molar-refractivity contribution in [1.29, 1.82) is 0 Å². The molecule has 0 fully saturated rings. The lowest BCUT2D eigenvalue weighted by atomic mass is 10.3. The summed E-state index contributed by atoms with van der Waals surface area (Å²) in [5.41, 5.74) is 0.803. The van der Waals surface area contributed by atoms with Crippen LogP contribution < -0.4 is 0 Å². The maximum atomic E-state index is 5.68. The Hall–Kier alpha value is -0.400. The van der Waals surface area contributed by atoms with Crippen molar-refractivity contribution in [2.24, 2.45) is 0 Å². The predicted molar refractivity (Wildman–Crippen MR) is 45.4 cm³/mol. The van der Waals surface area contributed by atoms with E-state index in [1.54, 1.807) is 25.2 Å². The van der Waals surface area contributed by atoms with E-state index in [-0.39, 0.29) is 0 Å². The minimum Gasteiger partial charge on any atom is -0.687 e. The van der Waals surface area contributed by atoms with E-state index >= 15 is 0 Å². The fraction of sp³-hybridized carbons (Fsp3) is 0.143. The third-order valence-electron chi connectivity index (χ3n) is 1.11. The second-order valence-electron chi connectivity index (χ2n) is 1.85. The summed E-state index contributed by atoms with van der Waals surface area (Å²) in [6.07, 6.45) is 0. The summed E-state index contributed by atoms with van der Waals surface area (Å²) in [7, 11) is 1.70. The molecule has 1 nitrogen and oxygen atoms in total. The normalized spacial score (nSPS) is 9.50. The molecular weight excluding hydrogens is 169 g/mol. The van der Waals surface area contributed by atoms with Crippen molar-refractivity contribution in [2.45, 2.75) is 0 Å². The van der Waals surface area contributed by atoms with Gasteiger partial charge >= 0.3 is 0 Å². The summed E-state index contributed by atoms with van der Waals surface area (Å²) >= 11 is 11.4. The van der Waals surface area contributed by atoms with E-state index in [0.717, 1.165) is 5.69 Å². The van der Waals surface area contributed by atoms with Gasteiger partial charge in [-0.1, -0.05) is 35.3 Å². The van der Waals surface area contributed by atoms with Crippen LogP contribution in [0.5, 0.6) is 0 Å². The molecular formula is C7H6Cl2N-. The summed E-state index contributed by atoms with van der Waals surface area (Å²) in [4.78, 5) is 0. The second-order valence-corrected chi connectivity index (χ2v) is 2.72. The highest BCUT2D eigenvalue weighted by Gasteiger charge is 1.88. The van der Waals surface area contributed by atoms with E-state index in [0.29, 0.717) is 10.0 Å². The third-order valence-corrected chi connectivity index (χ3v) is 1.54. The van der Waals surface area contributed by atoms with Crippen LogP contribution in [0.1, 0.15) is 0 Å². The lowest BCUT2D eigenvalue weighted by molar-refractivity contribution is 1.62. The molecule has 0 aliphatic rings. The van der Waals surface area contributed by atoms with Gasteiger partial charge in [-0.05, 0) is 6.07 Å². The van der Waals surface area contributed by atoms with E-state index in [1.165, 1.54) is 0 Å². The molecule has 0 aliphatic heterocycles.